The van der Waals surface area contributed by atoms with E-state index in [1.165, 1.54) is 58.9 Å². The second kappa shape index (κ2) is 8.46. The van der Waals surface area contributed by atoms with E-state index in [2.05, 4.69) is 162 Å². The van der Waals surface area contributed by atoms with E-state index in [1.54, 1.807) is 0 Å². The summed E-state index contributed by atoms with van der Waals surface area (Å²) in [6.07, 6.45) is 0. The van der Waals surface area contributed by atoms with Gasteiger partial charge in [0.1, 0.15) is 0 Å². The van der Waals surface area contributed by atoms with E-state index < -0.39 is 0 Å². The highest BCUT2D eigenvalue weighted by Crippen LogP contribution is 2.56. The van der Waals surface area contributed by atoms with Gasteiger partial charge in [0.2, 0.25) is 0 Å². The van der Waals surface area contributed by atoms with Crippen LogP contribution in [0, 0.1) is 3.57 Å². The van der Waals surface area contributed by atoms with Gasteiger partial charge >= 0.3 is 0 Å². The molecule has 0 amide bonds. The van der Waals surface area contributed by atoms with E-state index >= 15 is 0 Å². The van der Waals surface area contributed by atoms with Crippen molar-refractivity contribution in [1.29, 1.82) is 0 Å². The third-order valence-corrected chi connectivity index (χ3v) is 8.50. The highest BCUT2D eigenvalue weighted by molar-refractivity contribution is 14.1. The topological polar surface area (TPSA) is 0 Å². The van der Waals surface area contributed by atoms with Crippen LogP contribution in [0.4, 0.5) is 0 Å². The molecule has 0 atom stereocenters. The van der Waals surface area contributed by atoms with Crippen molar-refractivity contribution in [3.05, 3.63) is 165 Å². The normalized spacial score (nSPS) is 13.4. The molecule has 0 bridgehead atoms. The minimum atomic E-state index is -0.368. The molecule has 36 heavy (non-hydrogen) atoms. The number of rotatable bonds is 3. The molecule has 1 heteroatoms. The van der Waals surface area contributed by atoms with Crippen molar-refractivity contribution in [3.8, 4) is 22.3 Å². The molecule has 6 aromatic carbocycles. The second-order valence-electron chi connectivity index (χ2n) is 9.47. The largest absolute Gasteiger partial charge is 0.0713 e. The van der Waals surface area contributed by atoms with Gasteiger partial charge in [-0.1, -0.05) is 121 Å². The summed E-state index contributed by atoms with van der Waals surface area (Å²) in [5, 5.41) is 2.55. The monoisotopic (exact) mass is 570 g/mol. The molecule has 0 radical (unpaired) electrons. The first-order chi connectivity index (χ1) is 17.8. The van der Waals surface area contributed by atoms with Gasteiger partial charge in [0.25, 0.3) is 0 Å². The summed E-state index contributed by atoms with van der Waals surface area (Å²) >= 11 is 2.49. The maximum Gasteiger partial charge on any atom is 0.0713 e. The van der Waals surface area contributed by atoms with Crippen molar-refractivity contribution < 1.29 is 0 Å². The lowest BCUT2D eigenvalue weighted by molar-refractivity contribution is 0.769. The molecule has 6 aromatic rings. The smallest absolute Gasteiger partial charge is 0.0622 e. The standard InChI is InChI=1S/C35H23I/c36-34-23-25-12-8-7-11-24(25)21-31(34)26-19-20-30-29-17-9-10-18-32(29)35(33(30)22-26,27-13-3-1-4-14-27)28-15-5-2-6-16-28/h1-23H. The molecule has 0 saturated heterocycles. The molecule has 0 fully saturated rings. The van der Waals surface area contributed by atoms with Gasteiger partial charge in [-0.3, -0.25) is 0 Å². The van der Waals surface area contributed by atoms with Crippen LogP contribution < -0.4 is 0 Å². The highest BCUT2D eigenvalue weighted by Gasteiger charge is 2.46. The van der Waals surface area contributed by atoms with Crippen molar-refractivity contribution in [2.75, 3.05) is 0 Å². The highest BCUT2D eigenvalue weighted by atomic mass is 127. The summed E-state index contributed by atoms with van der Waals surface area (Å²) in [4.78, 5) is 0. The Kier molecular flexibility index (Phi) is 5.07. The van der Waals surface area contributed by atoms with Gasteiger partial charge < -0.3 is 0 Å². The van der Waals surface area contributed by atoms with Crippen LogP contribution in [0.3, 0.4) is 0 Å². The van der Waals surface area contributed by atoms with Crippen LogP contribution in [0.1, 0.15) is 22.3 Å². The van der Waals surface area contributed by atoms with Gasteiger partial charge in [-0.05, 0) is 96.1 Å². The minimum absolute atomic E-state index is 0.368. The lowest BCUT2D eigenvalue weighted by Gasteiger charge is -2.34. The zero-order chi connectivity index (χ0) is 24.1. The van der Waals surface area contributed by atoms with Gasteiger partial charge in [0.15, 0.2) is 0 Å². The quantitative estimate of drug-likeness (QED) is 0.186. The predicted octanol–water partition coefficient (Wildman–Crippen LogP) is 9.47. The first kappa shape index (κ1) is 21.6. The van der Waals surface area contributed by atoms with E-state index in [4.69, 9.17) is 0 Å². The van der Waals surface area contributed by atoms with Crippen LogP contribution in [-0.4, -0.2) is 0 Å². The minimum Gasteiger partial charge on any atom is -0.0622 e. The molecule has 0 aromatic heterocycles. The molecule has 1 aliphatic rings. The summed E-state index contributed by atoms with van der Waals surface area (Å²) in [5.74, 6) is 0. The van der Waals surface area contributed by atoms with Crippen LogP contribution in [0.2, 0.25) is 0 Å². The lowest BCUT2D eigenvalue weighted by Crippen LogP contribution is -2.28. The van der Waals surface area contributed by atoms with Crippen LogP contribution in [0.15, 0.2) is 140 Å². The Labute approximate surface area is 225 Å². The molecule has 0 N–H and O–H groups in total. The van der Waals surface area contributed by atoms with Gasteiger partial charge in [-0.25, -0.2) is 0 Å². The van der Waals surface area contributed by atoms with Gasteiger partial charge in [-0.2, -0.15) is 0 Å². The summed E-state index contributed by atoms with van der Waals surface area (Å²) < 4.78 is 1.27. The SMILES string of the molecule is Ic1cc2ccccc2cc1-c1ccc2c(c1)C(c1ccccc1)(c1ccccc1)c1ccccc1-2. The fraction of sp³-hybridized carbons (Fsp3) is 0.0286. The van der Waals surface area contributed by atoms with Crippen LogP contribution >= 0.6 is 22.6 Å². The zero-order valence-electron chi connectivity index (χ0n) is 19.7. The zero-order valence-corrected chi connectivity index (χ0v) is 21.8. The Hall–Kier alpha value is -3.69. The number of halogens is 1. The molecule has 0 spiro atoms. The third kappa shape index (κ3) is 3.12. The number of benzene rings is 6. The number of fused-ring (bicyclic) bond motifs is 4. The summed E-state index contributed by atoms with van der Waals surface area (Å²) in [6.45, 7) is 0. The predicted molar refractivity (Wildman–Crippen MR) is 159 cm³/mol. The van der Waals surface area contributed by atoms with Crippen molar-refractivity contribution in [2.45, 2.75) is 5.41 Å². The van der Waals surface area contributed by atoms with E-state index in [0.29, 0.717) is 0 Å². The second-order valence-corrected chi connectivity index (χ2v) is 10.6. The van der Waals surface area contributed by atoms with Crippen molar-refractivity contribution >= 4 is 33.4 Å². The third-order valence-electron chi connectivity index (χ3n) is 7.60. The van der Waals surface area contributed by atoms with E-state index in [-0.39, 0.29) is 5.41 Å². The molecule has 1 aliphatic carbocycles. The van der Waals surface area contributed by atoms with E-state index in [9.17, 15) is 0 Å². The molecule has 170 valence electrons. The van der Waals surface area contributed by atoms with Gasteiger partial charge in [-0.15, -0.1) is 0 Å². The first-order valence-electron chi connectivity index (χ1n) is 12.3. The Balaban J connectivity index is 1.57. The Morgan fingerprint density at radius 1 is 0.417 bits per heavy atom. The molecular weight excluding hydrogens is 547 g/mol. The maximum atomic E-state index is 2.49. The molecule has 0 heterocycles. The fourth-order valence-corrected chi connectivity index (χ4v) is 6.85. The molecule has 7 rings (SSSR count). The van der Waals surface area contributed by atoms with Gasteiger partial charge in [0, 0.05) is 3.57 Å². The maximum absolute atomic E-state index is 2.49. The number of hydrogen-bond acceptors (Lipinski definition) is 0. The molecular formula is C35H23I. The van der Waals surface area contributed by atoms with Crippen LogP contribution in [0.5, 0.6) is 0 Å². The van der Waals surface area contributed by atoms with Crippen molar-refractivity contribution in [2.24, 2.45) is 0 Å². The lowest BCUT2D eigenvalue weighted by atomic mass is 9.67. The first-order valence-corrected chi connectivity index (χ1v) is 13.4. The average Bonchev–Trinajstić information content (AvgIpc) is 3.24. The van der Waals surface area contributed by atoms with Gasteiger partial charge in [0.05, 0.1) is 5.41 Å². The number of hydrogen-bond donors (Lipinski definition) is 0. The molecule has 0 nitrogen and oxygen atoms in total. The Bertz CT molecular complexity index is 1690. The van der Waals surface area contributed by atoms with Crippen molar-refractivity contribution in [1.82, 2.24) is 0 Å². The average molecular weight is 570 g/mol. The van der Waals surface area contributed by atoms with E-state index in [1.807, 2.05) is 0 Å². The molecule has 0 unspecified atom stereocenters. The Morgan fingerprint density at radius 3 is 1.67 bits per heavy atom. The summed E-state index contributed by atoms with van der Waals surface area (Å²) in [7, 11) is 0. The Morgan fingerprint density at radius 2 is 0.972 bits per heavy atom. The molecule has 0 saturated carbocycles. The van der Waals surface area contributed by atoms with Crippen LogP contribution in [-0.2, 0) is 5.41 Å². The molecule has 0 aliphatic heterocycles. The summed E-state index contributed by atoms with van der Waals surface area (Å²) in [6, 6.07) is 51.3. The summed E-state index contributed by atoms with van der Waals surface area (Å²) in [5.41, 5.74) is 10.1. The fourth-order valence-electron chi connectivity index (χ4n) is 6.05. The van der Waals surface area contributed by atoms with E-state index in [0.717, 1.165) is 0 Å². The van der Waals surface area contributed by atoms with Crippen molar-refractivity contribution in [3.63, 3.8) is 0 Å². The van der Waals surface area contributed by atoms with Crippen LogP contribution in [0.25, 0.3) is 33.0 Å².